The highest BCUT2D eigenvalue weighted by molar-refractivity contribution is 6.62. The van der Waals surface area contributed by atoms with E-state index in [0.29, 0.717) is 5.57 Å². The fourth-order valence-corrected chi connectivity index (χ4v) is 3.84. The SMILES string of the molecule is C=C(C#N)C=C1/C(=C\C)c2ccc(B3OC(C)(C)C(C)(C)O3)cc2C1(C)C. The second-order valence-electron chi connectivity index (χ2n) is 8.92. The largest absolute Gasteiger partial charge is 0.494 e. The predicted molar refractivity (Wildman–Crippen MR) is 112 cm³/mol. The maximum Gasteiger partial charge on any atom is 0.494 e. The van der Waals surface area contributed by atoms with Gasteiger partial charge < -0.3 is 9.31 Å². The smallest absolute Gasteiger partial charge is 0.399 e. The maximum absolute atomic E-state index is 9.18. The van der Waals surface area contributed by atoms with Gasteiger partial charge in [0.05, 0.1) is 17.3 Å². The van der Waals surface area contributed by atoms with Crippen LogP contribution < -0.4 is 5.46 Å². The first-order valence-electron chi connectivity index (χ1n) is 9.43. The van der Waals surface area contributed by atoms with Crippen LogP contribution >= 0.6 is 0 Å². The molecule has 1 aromatic carbocycles. The van der Waals surface area contributed by atoms with Crippen LogP contribution in [0.5, 0.6) is 0 Å². The lowest BCUT2D eigenvalue weighted by Gasteiger charge is -2.32. The van der Waals surface area contributed by atoms with Crippen LogP contribution in [0.25, 0.3) is 5.57 Å². The molecule has 0 radical (unpaired) electrons. The van der Waals surface area contributed by atoms with Crippen LogP contribution in [0.2, 0.25) is 0 Å². The first-order valence-corrected chi connectivity index (χ1v) is 9.43. The molecule has 0 atom stereocenters. The Morgan fingerprint density at radius 2 is 1.70 bits per heavy atom. The summed E-state index contributed by atoms with van der Waals surface area (Å²) in [5.74, 6) is 0. The van der Waals surface area contributed by atoms with Gasteiger partial charge in [-0.25, -0.2) is 0 Å². The van der Waals surface area contributed by atoms with Gasteiger partial charge in [-0.3, -0.25) is 0 Å². The zero-order valence-electron chi connectivity index (χ0n) is 17.4. The van der Waals surface area contributed by atoms with Gasteiger partial charge in [-0.2, -0.15) is 5.26 Å². The average molecular weight is 361 g/mol. The van der Waals surface area contributed by atoms with Gasteiger partial charge >= 0.3 is 7.12 Å². The van der Waals surface area contributed by atoms with E-state index in [-0.39, 0.29) is 23.7 Å². The summed E-state index contributed by atoms with van der Waals surface area (Å²) >= 11 is 0. The summed E-state index contributed by atoms with van der Waals surface area (Å²) < 4.78 is 12.5. The number of rotatable bonds is 2. The molecular weight excluding hydrogens is 333 g/mol. The maximum atomic E-state index is 9.18. The third-order valence-electron chi connectivity index (χ3n) is 6.25. The molecule has 0 bridgehead atoms. The van der Waals surface area contributed by atoms with E-state index >= 15 is 0 Å². The quantitative estimate of drug-likeness (QED) is 0.567. The van der Waals surface area contributed by atoms with E-state index in [1.54, 1.807) is 0 Å². The Kier molecular flexibility index (Phi) is 4.53. The molecule has 1 saturated heterocycles. The average Bonchev–Trinajstić information content (AvgIpc) is 2.94. The van der Waals surface area contributed by atoms with Crippen molar-refractivity contribution in [1.82, 2.24) is 0 Å². The lowest BCUT2D eigenvalue weighted by molar-refractivity contribution is 0.00578. The number of hydrogen-bond acceptors (Lipinski definition) is 3. The predicted octanol–water partition coefficient (Wildman–Crippen LogP) is 4.69. The van der Waals surface area contributed by atoms with Crippen LogP contribution in [0.1, 0.15) is 59.6 Å². The summed E-state index contributed by atoms with van der Waals surface area (Å²) in [6.45, 7) is 18.5. The van der Waals surface area contributed by atoms with Gasteiger partial charge in [0.1, 0.15) is 0 Å². The monoisotopic (exact) mass is 361 g/mol. The molecule has 27 heavy (non-hydrogen) atoms. The van der Waals surface area contributed by atoms with Crippen LogP contribution in [0.3, 0.4) is 0 Å². The number of fused-ring (bicyclic) bond motifs is 1. The highest BCUT2D eigenvalue weighted by Gasteiger charge is 2.52. The van der Waals surface area contributed by atoms with E-state index in [1.807, 2.05) is 13.0 Å². The second-order valence-corrected chi connectivity index (χ2v) is 8.92. The van der Waals surface area contributed by atoms with Crippen molar-refractivity contribution in [3.8, 4) is 6.07 Å². The normalized spacial score (nSPS) is 24.9. The van der Waals surface area contributed by atoms with E-state index in [4.69, 9.17) is 9.31 Å². The van der Waals surface area contributed by atoms with Gasteiger partial charge in [-0.05, 0) is 68.4 Å². The fourth-order valence-electron chi connectivity index (χ4n) is 3.84. The van der Waals surface area contributed by atoms with Gasteiger partial charge in [-0.1, -0.05) is 44.7 Å². The van der Waals surface area contributed by atoms with Crippen LogP contribution in [0, 0.1) is 11.3 Å². The summed E-state index contributed by atoms with van der Waals surface area (Å²) in [7, 11) is -0.382. The molecule has 0 amide bonds. The minimum atomic E-state index is -0.382. The molecule has 1 heterocycles. The topological polar surface area (TPSA) is 42.2 Å². The molecule has 0 spiro atoms. The van der Waals surface area contributed by atoms with E-state index in [0.717, 1.165) is 16.6 Å². The van der Waals surface area contributed by atoms with Gasteiger partial charge in [0, 0.05) is 11.0 Å². The number of nitriles is 1. The molecule has 3 nitrogen and oxygen atoms in total. The van der Waals surface area contributed by atoms with Crippen molar-refractivity contribution in [1.29, 1.82) is 5.26 Å². The number of nitrogens with zero attached hydrogens (tertiary/aromatic N) is 1. The van der Waals surface area contributed by atoms with Crippen LogP contribution in [-0.2, 0) is 14.7 Å². The number of hydrogen-bond donors (Lipinski definition) is 0. The van der Waals surface area contributed by atoms with Crippen molar-refractivity contribution < 1.29 is 9.31 Å². The molecule has 1 aliphatic heterocycles. The van der Waals surface area contributed by atoms with E-state index in [9.17, 15) is 5.26 Å². The van der Waals surface area contributed by atoms with Crippen LogP contribution in [-0.4, -0.2) is 18.3 Å². The molecule has 0 aromatic heterocycles. The number of allylic oxidation sites excluding steroid dienone is 5. The molecular formula is C23H28BNO2. The molecule has 140 valence electrons. The van der Waals surface area contributed by atoms with Crippen molar-refractivity contribution >= 4 is 18.2 Å². The molecule has 0 unspecified atom stereocenters. The second kappa shape index (κ2) is 6.22. The first-order chi connectivity index (χ1) is 12.4. The highest BCUT2D eigenvalue weighted by atomic mass is 16.7. The van der Waals surface area contributed by atoms with Crippen molar-refractivity contribution in [2.75, 3.05) is 0 Å². The summed E-state index contributed by atoms with van der Waals surface area (Å²) in [4.78, 5) is 0. The molecule has 1 aromatic rings. The van der Waals surface area contributed by atoms with Crippen molar-refractivity contribution in [3.05, 3.63) is 59.2 Å². The van der Waals surface area contributed by atoms with Crippen LogP contribution in [0.15, 0.2) is 48.1 Å². The Morgan fingerprint density at radius 3 is 2.22 bits per heavy atom. The Hall–Kier alpha value is -2.09. The minimum absolute atomic E-state index is 0.226. The molecule has 3 rings (SSSR count). The van der Waals surface area contributed by atoms with E-state index < -0.39 is 0 Å². The third-order valence-corrected chi connectivity index (χ3v) is 6.25. The minimum Gasteiger partial charge on any atom is -0.399 e. The molecule has 0 N–H and O–H groups in total. The molecule has 4 heteroatoms. The summed E-state index contributed by atoms with van der Waals surface area (Å²) in [5.41, 5.74) is 5.24. The Balaban J connectivity index is 2.08. The summed E-state index contributed by atoms with van der Waals surface area (Å²) in [6, 6.07) is 8.56. The van der Waals surface area contributed by atoms with Gasteiger partial charge in [0.25, 0.3) is 0 Å². The first kappa shape index (κ1) is 19.7. The molecule has 1 fully saturated rings. The van der Waals surface area contributed by atoms with Crippen molar-refractivity contribution in [2.45, 2.75) is 65.1 Å². The van der Waals surface area contributed by atoms with Crippen molar-refractivity contribution in [3.63, 3.8) is 0 Å². The van der Waals surface area contributed by atoms with E-state index in [1.165, 1.54) is 11.1 Å². The lowest BCUT2D eigenvalue weighted by Crippen LogP contribution is -2.41. The summed E-state index contributed by atoms with van der Waals surface area (Å²) in [6.07, 6.45) is 4.02. The zero-order chi connectivity index (χ0) is 20.2. The van der Waals surface area contributed by atoms with Gasteiger partial charge in [0.15, 0.2) is 0 Å². The van der Waals surface area contributed by atoms with Crippen molar-refractivity contribution in [2.24, 2.45) is 0 Å². The molecule has 1 aliphatic carbocycles. The molecule has 0 saturated carbocycles. The third kappa shape index (κ3) is 3.00. The lowest BCUT2D eigenvalue weighted by atomic mass is 9.74. The van der Waals surface area contributed by atoms with Gasteiger partial charge in [0.2, 0.25) is 0 Å². The van der Waals surface area contributed by atoms with Gasteiger partial charge in [-0.15, -0.1) is 0 Å². The molecule has 2 aliphatic rings. The standard InChI is InChI=1S/C23H28BNO2/c1-9-17-18-11-10-16(24-26-22(5,6)23(7,8)27-24)13-20(18)21(3,4)19(17)12-15(2)14-25/h9-13H,2H2,1,3-8H3/b17-9-,19-12?. The van der Waals surface area contributed by atoms with E-state index in [2.05, 4.69) is 78.5 Å². The highest BCUT2D eigenvalue weighted by Crippen LogP contribution is 2.49. The summed E-state index contributed by atoms with van der Waals surface area (Å²) in [5, 5.41) is 9.18. The zero-order valence-corrected chi connectivity index (χ0v) is 17.4. The van der Waals surface area contributed by atoms with Crippen LogP contribution in [0.4, 0.5) is 0 Å². The Labute approximate surface area is 163 Å². The Morgan fingerprint density at radius 1 is 1.11 bits per heavy atom. The fraction of sp³-hybridized carbons (Fsp3) is 0.435. The Bertz CT molecular complexity index is 897. The number of benzene rings is 1.